The van der Waals surface area contributed by atoms with Crippen LogP contribution in [0, 0.1) is 0 Å². The first-order valence-corrected chi connectivity index (χ1v) is 8.12. The summed E-state index contributed by atoms with van der Waals surface area (Å²) in [4.78, 5) is 30.4. The average molecular weight is 311 g/mol. The first-order valence-electron chi connectivity index (χ1n) is 6.08. The highest BCUT2D eigenvalue weighted by Gasteiger charge is 2.17. The number of carbonyl (C=O) groups excluding carboxylic acids is 1. The first kappa shape index (κ1) is 13.5. The highest BCUT2D eigenvalue weighted by Crippen LogP contribution is 2.20. The lowest BCUT2D eigenvalue weighted by molar-refractivity contribution is -0.124. The minimum Gasteiger partial charge on any atom is -0.354 e. The third-order valence-corrected chi connectivity index (χ3v) is 4.84. The molecule has 0 unspecified atom stereocenters. The molecule has 0 bridgehead atoms. The molecule has 0 aromatic carbocycles. The molecule has 3 rings (SSSR count). The van der Waals surface area contributed by atoms with Crippen LogP contribution < -0.4 is 10.9 Å². The lowest BCUT2D eigenvalue weighted by Gasteiger charge is -2.25. The standard InChI is InChI=1S/C11H13N5O2S2/c1-19-11-14-16-9(18)4-7(13-10(16)20-11)5-15-3-2-12-8(17)6-15/h4H,2-3,5-6H2,1H3,(H,12,17). The molecular weight excluding hydrogens is 298 g/mol. The Kier molecular flexibility index (Phi) is 3.72. The van der Waals surface area contributed by atoms with Gasteiger partial charge in [0.15, 0.2) is 4.34 Å². The monoisotopic (exact) mass is 311 g/mol. The number of aromatic nitrogens is 3. The van der Waals surface area contributed by atoms with Gasteiger partial charge in [0.2, 0.25) is 10.9 Å². The molecule has 1 fully saturated rings. The number of carbonyl (C=O) groups is 1. The summed E-state index contributed by atoms with van der Waals surface area (Å²) in [5.41, 5.74) is 0.504. The summed E-state index contributed by atoms with van der Waals surface area (Å²) in [5, 5.41) is 6.95. The molecule has 106 valence electrons. The first-order chi connectivity index (χ1) is 9.65. The number of amides is 1. The number of piperazine rings is 1. The zero-order valence-corrected chi connectivity index (χ0v) is 12.5. The van der Waals surface area contributed by atoms with Gasteiger partial charge in [0, 0.05) is 25.7 Å². The van der Waals surface area contributed by atoms with Gasteiger partial charge in [-0.05, 0) is 6.26 Å². The summed E-state index contributed by atoms with van der Waals surface area (Å²) in [7, 11) is 0. The fraction of sp³-hybridized carbons (Fsp3) is 0.455. The second-order valence-electron chi connectivity index (χ2n) is 4.41. The summed E-state index contributed by atoms with van der Waals surface area (Å²) in [6.45, 7) is 2.26. The molecule has 1 aliphatic rings. The normalized spacial score (nSPS) is 16.6. The molecule has 1 N–H and O–H groups in total. The van der Waals surface area contributed by atoms with E-state index in [0.29, 0.717) is 30.3 Å². The maximum absolute atomic E-state index is 12.0. The molecule has 20 heavy (non-hydrogen) atoms. The molecule has 1 aliphatic heterocycles. The number of hydrogen-bond donors (Lipinski definition) is 1. The van der Waals surface area contributed by atoms with Gasteiger partial charge in [-0.2, -0.15) is 4.52 Å². The Morgan fingerprint density at radius 3 is 3.10 bits per heavy atom. The zero-order valence-electron chi connectivity index (χ0n) is 10.8. The minimum absolute atomic E-state index is 0.0107. The Balaban J connectivity index is 1.88. The van der Waals surface area contributed by atoms with E-state index in [0.717, 1.165) is 10.9 Å². The third kappa shape index (κ3) is 2.69. The van der Waals surface area contributed by atoms with Crippen molar-refractivity contribution in [3.63, 3.8) is 0 Å². The smallest absolute Gasteiger partial charge is 0.275 e. The predicted octanol–water partition coefficient (Wildman–Crippen LogP) is -0.195. The second kappa shape index (κ2) is 5.51. The van der Waals surface area contributed by atoms with E-state index in [2.05, 4.69) is 15.4 Å². The highest BCUT2D eigenvalue weighted by atomic mass is 32.2. The predicted molar refractivity (Wildman–Crippen MR) is 77.2 cm³/mol. The Hall–Kier alpha value is -1.45. The number of nitrogens with zero attached hydrogens (tertiary/aromatic N) is 4. The molecule has 1 amide bonds. The molecule has 1 saturated heterocycles. The Labute approximate surface area is 123 Å². The van der Waals surface area contributed by atoms with Crippen LogP contribution in [0.15, 0.2) is 15.2 Å². The van der Waals surface area contributed by atoms with Crippen molar-refractivity contribution in [3.05, 3.63) is 22.1 Å². The summed E-state index contributed by atoms with van der Waals surface area (Å²) < 4.78 is 2.13. The fourth-order valence-electron chi connectivity index (χ4n) is 2.06. The lowest BCUT2D eigenvalue weighted by Crippen LogP contribution is -2.47. The molecule has 0 spiro atoms. The van der Waals surface area contributed by atoms with Crippen molar-refractivity contribution in [1.29, 1.82) is 0 Å². The van der Waals surface area contributed by atoms with Crippen molar-refractivity contribution in [3.8, 4) is 0 Å². The zero-order chi connectivity index (χ0) is 14.1. The molecular formula is C11H13N5O2S2. The van der Waals surface area contributed by atoms with E-state index in [9.17, 15) is 9.59 Å². The summed E-state index contributed by atoms with van der Waals surface area (Å²) in [6, 6.07) is 1.49. The van der Waals surface area contributed by atoms with Gasteiger partial charge in [0.05, 0.1) is 12.2 Å². The fourth-order valence-corrected chi connectivity index (χ4v) is 3.44. The van der Waals surface area contributed by atoms with Crippen LogP contribution in [0.1, 0.15) is 5.69 Å². The maximum atomic E-state index is 12.0. The quantitative estimate of drug-likeness (QED) is 0.791. The molecule has 2 aromatic rings. The molecule has 2 aromatic heterocycles. The average Bonchev–Trinajstić information content (AvgIpc) is 2.82. The molecule has 0 radical (unpaired) electrons. The summed E-state index contributed by atoms with van der Waals surface area (Å²) in [6.07, 6.45) is 1.91. The van der Waals surface area contributed by atoms with Crippen LogP contribution in [-0.2, 0) is 11.3 Å². The highest BCUT2D eigenvalue weighted by molar-refractivity contribution is 8.00. The van der Waals surface area contributed by atoms with Crippen molar-refractivity contribution in [2.75, 3.05) is 25.9 Å². The number of thioether (sulfide) groups is 1. The van der Waals surface area contributed by atoms with Crippen LogP contribution in [-0.4, -0.2) is 51.3 Å². The molecule has 3 heterocycles. The van der Waals surface area contributed by atoms with Crippen LogP contribution in [0.3, 0.4) is 0 Å². The van der Waals surface area contributed by atoms with E-state index in [4.69, 9.17) is 0 Å². The lowest BCUT2D eigenvalue weighted by atomic mass is 10.3. The van der Waals surface area contributed by atoms with E-state index < -0.39 is 0 Å². The SMILES string of the molecule is CSc1nn2c(=O)cc(CN3CCNC(=O)C3)nc2s1. The minimum atomic E-state index is -0.178. The van der Waals surface area contributed by atoms with Crippen LogP contribution in [0.5, 0.6) is 0 Å². The Morgan fingerprint density at radius 2 is 2.35 bits per heavy atom. The number of nitrogens with one attached hydrogen (secondary N) is 1. The van der Waals surface area contributed by atoms with Crippen LogP contribution in [0.4, 0.5) is 0 Å². The van der Waals surface area contributed by atoms with Gasteiger partial charge >= 0.3 is 0 Å². The Bertz CT molecular complexity index is 710. The van der Waals surface area contributed by atoms with Gasteiger partial charge in [-0.1, -0.05) is 23.1 Å². The van der Waals surface area contributed by atoms with Crippen LogP contribution in [0.2, 0.25) is 0 Å². The van der Waals surface area contributed by atoms with E-state index in [1.54, 1.807) is 0 Å². The van der Waals surface area contributed by atoms with E-state index >= 15 is 0 Å². The largest absolute Gasteiger partial charge is 0.354 e. The third-order valence-electron chi connectivity index (χ3n) is 2.96. The van der Waals surface area contributed by atoms with Gasteiger partial charge in [-0.3, -0.25) is 14.5 Å². The molecule has 9 heteroatoms. The van der Waals surface area contributed by atoms with Crippen molar-refractivity contribution in [2.24, 2.45) is 0 Å². The molecule has 0 atom stereocenters. The molecule has 0 saturated carbocycles. The van der Waals surface area contributed by atoms with Crippen molar-refractivity contribution in [2.45, 2.75) is 10.9 Å². The molecule has 0 aliphatic carbocycles. The topological polar surface area (TPSA) is 79.6 Å². The molecule has 7 nitrogen and oxygen atoms in total. The van der Waals surface area contributed by atoms with Gasteiger partial charge in [-0.25, -0.2) is 4.98 Å². The van der Waals surface area contributed by atoms with Gasteiger partial charge in [0.25, 0.3) is 5.56 Å². The van der Waals surface area contributed by atoms with Gasteiger partial charge < -0.3 is 5.32 Å². The van der Waals surface area contributed by atoms with Gasteiger partial charge in [0.1, 0.15) is 0 Å². The summed E-state index contributed by atoms with van der Waals surface area (Å²) in [5.74, 6) is 0.0107. The van der Waals surface area contributed by atoms with E-state index in [1.807, 2.05) is 11.2 Å². The van der Waals surface area contributed by atoms with E-state index in [-0.39, 0.29) is 11.5 Å². The number of rotatable bonds is 3. The van der Waals surface area contributed by atoms with Crippen LogP contribution in [0.25, 0.3) is 4.96 Å². The number of fused-ring (bicyclic) bond motifs is 1. The van der Waals surface area contributed by atoms with Crippen molar-refractivity contribution < 1.29 is 4.79 Å². The summed E-state index contributed by atoms with van der Waals surface area (Å²) >= 11 is 2.88. The van der Waals surface area contributed by atoms with Crippen molar-refractivity contribution >= 4 is 34.0 Å². The second-order valence-corrected chi connectivity index (χ2v) is 6.42. The van der Waals surface area contributed by atoms with E-state index in [1.165, 1.54) is 33.7 Å². The number of hydrogen-bond acceptors (Lipinski definition) is 7. The maximum Gasteiger partial charge on any atom is 0.275 e. The van der Waals surface area contributed by atoms with Crippen LogP contribution >= 0.6 is 23.1 Å². The van der Waals surface area contributed by atoms with Crippen molar-refractivity contribution in [1.82, 2.24) is 24.8 Å². The Morgan fingerprint density at radius 1 is 1.50 bits per heavy atom. The van der Waals surface area contributed by atoms with Gasteiger partial charge in [-0.15, -0.1) is 5.10 Å².